The number of carboxylic acid groups (broad SMARTS) is 1. The molecule has 7 heteroatoms. The quantitative estimate of drug-likeness (QED) is 0.726. The van der Waals surface area contributed by atoms with Gasteiger partial charge in [-0.3, -0.25) is 4.79 Å². The van der Waals surface area contributed by atoms with Crippen molar-refractivity contribution in [3.63, 3.8) is 0 Å². The molecule has 0 bridgehead atoms. The molecule has 1 aliphatic heterocycles. The number of hydrogen-bond donors (Lipinski definition) is 2. The molecule has 4 rings (SSSR count). The third-order valence-electron chi connectivity index (χ3n) is 6.45. The fourth-order valence-electron chi connectivity index (χ4n) is 4.46. The summed E-state index contributed by atoms with van der Waals surface area (Å²) in [6.07, 6.45) is 5.75. The molecule has 29 heavy (non-hydrogen) atoms. The van der Waals surface area contributed by atoms with Crippen LogP contribution in [0, 0.1) is 17.8 Å². The fraction of sp³-hybridized carbons (Fsp3) is 0.636. The lowest BCUT2D eigenvalue weighted by atomic mass is 9.80. The molecule has 7 nitrogen and oxygen atoms in total. The Balaban J connectivity index is 1.41. The summed E-state index contributed by atoms with van der Waals surface area (Å²) < 4.78 is 17.8. The summed E-state index contributed by atoms with van der Waals surface area (Å²) in [6, 6.07) is 5.71. The molecule has 1 saturated carbocycles. The van der Waals surface area contributed by atoms with Crippen LogP contribution in [0.5, 0.6) is 11.6 Å². The number of carboxylic acids is 1. The first-order valence-electron chi connectivity index (χ1n) is 10.7. The van der Waals surface area contributed by atoms with E-state index in [4.69, 9.17) is 14.0 Å². The van der Waals surface area contributed by atoms with E-state index < -0.39 is 5.97 Å². The lowest BCUT2D eigenvalue weighted by Gasteiger charge is -2.31. The van der Waals surface area contributed by atoms with Crippen molar-refractivity contribution in [1.82, 2.24) is 10.5 Å². The summed E-state index contributed by atoms with van der Waals surface area (Å²) in [7, 11) is 0. The van der Waals surface area contributed by atoms with Gasteiger partial charge in [0.1, 0.15) is 11.1 Å². The smallest absolute Gasteiger partial charge is 0.306 e. The third kappa shape index (κ3) is 4.66. The molecule has 0 radical (unpaired) electrons. The van der Waals surface area contributed by atoms with E-state index in [0.717, 1.165) is 62.8 Å². The van der Waals surface area contributed by atoms with Gasteiger partial charge in [0.2, 0.25) is 0 Å². The summed E-state index contributed by atoms with van der Waals surface area (Å²) >= 11 is 0. The Hall–Kier alpha value is -2.28. The number of rotatable bonds is 7. The first-order chi connectivity index (χ1) is 14.1. The van der Waals surface area contributed by atoms with Crippen LogP contribution in [0.4, 0.5) is 0 Å². The van der Waals surface area contributed by atoms with E-state index in [1.807, 2.05) is 18.2 Å². The lowest BCUT2D eigenvalue weighted by molar-refractivity contribution is -0.143. The first-order valence-corrected chi connectivity index (χ1v) is 10.7. The van der Waals surface area contributed by atoms with Crippen molar-refractivity contribution in [3.05, 3.63) is 18.2 Å². The molecule has 158 valence electrons. The van der Waals surface area contributed by atoms with Gasteiger partial charge in [-0.1, -0.05) is 13.0 Å². The molecule has 0 spiro atoms. The predicted octanol–water partition coefficient (Wildman–Crippen LogP) is 3.86. The summed E-state index contributed by atoms with van der Waals surface area (Å²) in [5, 5.41) is 17.5. The minimum Gasteiger partial charge on any atom is -0.489 e. The number of benzene rings is 1. The molecule has 2 N–H and O–H groups in total. The van der Waals surface area contributed by atoms with Gasteiger partial charge in [0.25, 0.3) is 5.88 Å². The van der Waals surface area contributed by atoms with Crippen LogP contribution in [-0.2, 0) is 4.79 Å². The standard InChI is InChI=1S/C22H30N2O5/c1-14(22(25)26)16-5-7-17(8-6-16)28-18-3-2-4-19-20(18)21(24-29-19)27-13-15-9-11-23-12-10-15/h2-4,14-17,23H,5-13H2,1H3,(H,25,26). The van der Waals surface area contributed by atoms with Crippen molar-refractivity contribution in [2.75, 3.05) is 19.7 Å². The van der Waals surface area contributed by atoms with E-state index in [-0.39, 0.29) is 17.9 Å². The summed E-state index contributed by atoms with van der Waals surface area (Å²) in [5.74, 6) is 0.984. The van der Waals surface area contributed by atoms with E-state index in [0.29, 0.717) is 24.0 Å². The number of nitrogens with zero attached hydrogens (tertiary/aromatic N) is 1. The average Bonchev–Trinajstić information content (AvgIpc) is 3.17. The summed E-state index contributed by atoms with van der Waals surface area (Å²) in [6.45, 7) is 4.50. The zero-order valence-corrected chi connectivity index (χ0v) is 16.9. The molecule has 2 fully saturated rings. The maximum atomic E-state index is 11.2. The molecule has 1 aromatic carbocycles. The minimum atomic E-state index is -0.709. The van der Waals surface area contributed by atoms with Crippen molar-refractivity contribution in [2.45, 2.75) is 51.6 Å². The Labute approximate surface area is 170 Å². The maximum absolute atomic E-state index is 11.2. The SMILES string of the molecule is CC(C(=O)O)C1CCC(Oc2cccc3onc(OCC4CCNCC4)c23)CC1. The molecule has 1 atom stereocenters. The van der Waals surface area contributed by atoms with Gasteiger partial charge in [-0.2, -0.15) is 0 Å². The van der Waals surface area contributed by atoms with E-state index in [2.05, 4.69) is 10.5 Å². The van der Waals surface area contributed by atoms with Crippen LogP contribution in [0.25, 0.3) is 11.0 Å². The average molecular weight is 402 g/mol. The third-order valence-corrected chi connectivity index (χ3v) is 6.45. The zero-order valence-electron chi connectivity index (χ0n) is 16.9. The van der Waals surface area contributed by atoms with E-state index in [1.165, 1.54) is 0 Å². The molecule has 1 unspecified atom stereocenters. The number of hydrogen-bond acceptors (Lipinski definition) is 6. The molecular weight excluding hydrogens is 372 g/mol. The summed E-state index contributed by atoms with van der Waals surface area (Å²) in [5.41, 5.74) is 0.663. The number of nitrogens with one attached hydrogen (secondary N) is 1. The van der Waals surface area contributed by atoms with Crippen molar-refractivity contribution >= 4 is 16.9 Å². The molecule has 0 amide bonds. The number of aromatic nitrogens is 1. The van der Waals surface area contributed by atoms with Crippen LogP contribution in [0.1, 0.15) is 45.4 Å². The number of carbonyl (C=O) groups is 1. The molecule has 1 saturated heterocycles. The second-order valence-corrected chi connectivity index (χ2v) is 8.40. The van der Waals surface area contributed by atoms with Crippen LogP contribution >= 0.6 is 0 Å². The zero-order chi connectivity index (χ0) is 20.2. The van der Waals surface area contributed by atoms with E-state index >= 15 is 0 Å². The van der Waals surface area contributed by atoms with Crippen molar-refractivity contribution in [3.8, 4) is 11.6 Å². The van der Waals surface area contributed by atoms with Gasteiger partial charge in [0.05, 0.1) is 18.6 Å². The minimum absolute atomic E-state index is 0.0741. The number of piperidine rings is 1. The van der Waals surface area contributed by atoms with E-state index in [9.17, 15) is 9.90 Å². The van der Waals surface area contributed by atoms with Crippen molar-refractivity contribution < 1.29 is 23.9 Å². The fourth-order valence-corrected chi connectivity index (χ4v) is 4.46. The van der Waals surface area contributed by atoms with Gasteiger partial charge < -0.3 is 24.4 Å². The van der Waals surface area contributed by atoms with Crippen LogP contribution in [0.15, 0.2) is 22.7 Å². The Kier molecular flexibility index (Phi) is 6.23. The maximum Gasteiger partial charge on any atom is 0.306 e. The second-order valence-electron chi connectivity index (χ2n) is 8.40. The number of fused-ring (bicyclic) bond motifs is 1. The largest absolute Gasteiger partial charge is 0.489 e. The highest BCUT2D eigenvalue weighted by Crippen LogP contribution is 2.37. The second kappa shape index (κ2) is 9.03. The molecule has 1 aliphatic carbocycles. The Morgan fingerprint density at radius 3 is 2.72 bits per heavy atom. The van der Waals surface area contributed by atoms with Gasteiger partial charge in [-0.25, -0.2) is 0 Å². The Bertz CT molecular complexity index is 822. The lowest BCUT2D eigenvalue weighted by Crippen LogP contribution is -2.30. The van der Waals surface area contributed by atoms with Crippen LogP contribution in [0.2, 0.25) is 0 Å². The number of ether oxygens (including phenoxy) is 2. The monoisotopic (exact) mass is 402 g/mol. The molecular formula is C22H30N2O5. The van der Waals surface area contributed by atoms with Crippen molar-refractivity contribution in [1.29, 1.82) is 0 Å². The normalized spacial score (nSPS) is 24.3. The Morgan fingerprint density at radius 2 is 2.00 bits per heavy atom. The molecule has 2 aliphatic rings. The van der Waals surface area contributed by atoms with Crippen LogP contribution in [-0.4, -0.2) is 42.0 Å². The number of aliphatic carboxylic acids is 1. The van der Waals surface area contributed by atoms with Crippen molar-refractivity contribution in [2.24, 2.45) is 17.8 Å². The predicted molar refractivity (Wildman–Crippen MR) is 108 cm³/mol. The van der Waals surface area contributed by atoms with Gasteiger partial charge >= 0.3 is 5.97 Å². The van der Waals surface area contributed by atoms with Crippen LogP contribution < -0.4 is 14.8 Å². The molecule has 2 heterocycles. The van der Waals surface area contributed by atoms with Gasteiger partial charge in [0, 0.05) is 0 Å². The molecule has 1 aromatic heterocycles. The van der Waals surface area contributed by atoms with Gasteiger partial charge in [-0.05, 0) is 80.7 Å². The van der Waals surface area contributed by atoms with Gasteiger partial charge in [0.15, 0.2) is 5.58 Å². The Morgan fingerprint density at radius 1 is 1.24 bits per heavy atom. The highest BCUT2D eigenvalue weighted by Gasteiger charge is 2.30. The topological polar surface area (TPSA) is 93.8 Å². The highest BCUT2D eigenvalue weighted by atomic mass is 16.5. The first kappa shape index (κ1) is 20.0. The van der Waals surface area contributed by atoms with E-state index in [1.54, 1.807) is 6.92 Å². The highest BCUT2D eigenvalue weighted by molar-refractivity contribution is 5.88. The molecule has 2 aromatic rings. The summed E-state index contributed by atoms with van der Waals surface area (Å²) in [4.78, 5) is 11.2. The van der Waals surface area contributed by atoms with Crippen LogP contribution in [0.3, 0.4) is 0 Å². The van der Waals surface area contributed by atoms with Gasteiger partial charge in [-0.15, -0.1) is 0 Å².